The number of hydrogen-bond acceptors (Lipinski definition) is 3. The number of para-hydroxylation sites is 2. The molecule has 0 amide bonds. The van der Waals surface area contributed by atoms with Crippen molar-refractivity contribution >= 4 is 76.1 Å². The monoisotopic (exact) mass is 800 g/mol. The molecule has 0 aliphatic carbocycles. The number of aromatic nitrogens is 2. The van der Waals surface area contributed by atoms with E-state index in [4.69, 9.17) is 14.4 Å². The molecule has 0 saturated heterocycles. The highest BCUT2D eigenvalue weighted by Gasteiger charge is 2.17. The van der Waals surface area contributed by atoms with Gasteiger partial charge >= 0.3 is 0 Å². The van der Waals surface area contributed by atoms with E-state index < -0.39 is 0 Å². The molecule has 0 N–H and O–H groups in total. The van der Waals surface area contributed by atoms with Gasteiger partial charge in [-0.3, -0.25) is 4.98 Å². The van der Waals surface area contributed by atoms with E-state index in [0.29, 0.717) is 0 Å². The molecule has 0 unspecified atom stereocenters. The van der Waals surface area contributed by atoms with Crippen molar-refractivity contribution in [3.8, 4) is 55.8 Å². The molecule has 3 nitrogen and oxygen atoms in total. The first-order chi connectivity index (χ1) is 31.2. The van der Waals surface area contributed by atoms with Crippen molar-refractivity contribution in [2.24, 2.45) is 0 Å². The smallest absolute Gasteiger partial charge is 0.143 e. The molecule has 0 aliphatic heterocycles. The molecular formula is C60H36N2O. The number of fused-ring (bicyclic) bond motifs is 11. The third-order valence-electron chi connectivity index (χ3n) is 12.9. The van der Waals surface area contributed by atoms with Crippen molar-refractivity contribution in [2.45, 2.75) is 0 Å². The van der Waals surface area contributed by atoms with Crippen LogP contribution in [0.2, 0.25) is 0 Å². The summed E-state index contributed by atoms with van der Waals surface area (Å²) < 4.78 is 6.38. The van der Waals surface area contributed by atoms with E-state index >= 15 is 0 Å². The lowest BCUT2D eigenvalue weighted by Gasteiger charge is -2.15. The van der Waals surface area contributed by atoms with E-state index in [9.17, 15) is 0 Å². The fourth-order valence-electron chi connectivity index (χ4n) is 10.0. The molecule has 0 saturated carbocycles. The molecule has 13 aromatic rings. The summed E-state index contributed by atoms with van der Waals surface area (Å²) in [6.45, 7) is 0. The van der Waals surface area contributed by atoms with Crippen LogP contribution in [0.5, 0.6) is 0 Å². The molecule has 0 atom stereocenters. The molecule has 0 fully saturated rings. The Morgan fingerprint density at radius 2 is 0.730 bits per heavy atom. The maximum absolute atomic E-state index is 6.38. The highest BCUT2D eigenvalue weighted by molar-refractivity contribution is 6.23. The topological polar surface area (TPSA) is 38.9 Å². The zero-order valence-corrected chi connectivity index (χ0v) is 34.1. The molecule has 0 aliphatic rings. The summed E-state index contributed by atoms with van der Waals surface area (Å²) >= 11 is 0. The van der Waals surface area contributed by atoms with Crippen molar-refractivity contribution < 1.29 is 4.42 Å². The Labute approximate surface area is 363 Å². The first-order valence-corrected chi connectivity index (χ1v) is 21.5. The molecule has 13 rings (SSSR count). The van der Waals surface area contributed by atoms with Crippen LogP contribution in [0.3, 0.4) is 0 Å². The van der Waals surface area contributed by atoms with Gasteiger partial charge in [0.1, 0.15) is 11.2 Å². The largest absolute Gasteiger partial charge is 0.455 e. The minimum Gasteiger partial charge on any atom is -0.455 e. The first-order valence-electron chi connectivity index (χ1n) is 21.5. The Balaban J connectivity index is 0.880. The van der Waals surface area contributed by atoms with E-state index in [2.05, 4.69) is 200 Å². The standard InChI is InChI=1S/C60H36N2O/c1-3-18-53-50(15-1)51-16-2-4-19-54(51)59-58(53)61-36-56(62-59)40-14-7-13-39(35-40)42-21-9-26-47-45(42)24-12-28-49(47)48-27-11-23-44-41(20-8-25-46(44)48)37-31-33-38(34-32-37)43-22-10-29-55-52-17-5-6-30-57(52)63-60(43)55/h1-36H. The summed E-state index contributed by atoms with van der Waals surface area (Å²) in [5, 5.41) is 11.8. The van der Waals surface area contributed by atoms with E-state index in [1.165, 1.54) is 60.1 Å². The second-order valence-corrected chi connectivity index (χ2v) is 16.4. The van der Waals surface area contributed by atoms with Gasteiger partial charge in [-0.15, -0.1) is 0 Å². The van der Waals surface area contributed by atoms with Crippen molar-refractivity contribution in [2.75, 3.05) is 0 Å². The van der Waals surface area contributed by atoms with Gasteiger partial charge in [0.25, 0.3) is 0 Å². The number of rotatable bonds is 5. The summed E-state index contributed by atoms with van der Waals surface area (Å²) in [5.41, 5.74) is 14.9. The first kappa shape index (κ1) is 35.4. The number of hydrogen-bond donors (Lipinski definition) is 0. The lowest BCUT2D eigenvalue weighted by molar-refractivity contribution is 0.670. The number of benzene rings is 11. The highest BCUT2D eigenvalue weighted by Crippen LogP contribution is 2.42. The summed E-state index contributed by atoms with van der Waals surface area (Å²) in [7, 11) is 0. The van der Waals surface area contributed by atoms with Gasteiger partial charge in [-0.25, -0.2) is 4.98 Å². The van der Waals surface area contributed by atoms with Gasteiger partial charge in [-0.1, -0.05) is 200 Å². The Morgan fingerprint density at radius 3 is 1.38 bits per heavy atom. The van der Waals surface area contributed by atoms with Gasteiger partial charge < -0.3 is 4.42 Å². The van der Waals surface area contributed by atoms with Crippen LogP contribution in [-0.4, -0.2) is 9.97 Å². The zero-order valence-electron chi connectivity index (χ0n) is 34.1. The van der Waals surface area contributed by atoms with Gasteiger partial charge in [-0.2, -0.15) is 0 Å². The molecule has 2 aromatic heterocycles. The van der Waals surface area contributed by atoms with Gasteiger partial charge in [0.2, 0.25) is 0 Å². The van der Waals surface area contributed by atoms with Crippen molar-refractivity contribution in [1.29, 1.82) is 0 Å². The Hall–Kier alpha value is -8.40. The van der Waals surface area contributed by atoms with E-state index in [0.717, 1.165) is 71.7 Å². The van der Waals surface area contributed by atoms with Gasteiger partial charge in [0, 0.05) is 32.7 Å². The average molecular weight is 801 g/mol. The lowest BCUT2D eigenvalue weighted by atomic mass is 9.89. The average Bonchev–Trinajstić information content (AvgIpc) is 3.75. The summed E-state index contributed by atoms with van der Waals surface area (Å²) in [4.78, 5) is 10.4. The third-order valence-corrected chi connectivity index (χ3v) is 12.9. The second-order valence-electron chi connectivity index (χ2n) is 16.4. The molecule has 2 heterocycles. The predicted octanol–water partition coefficient (Wildman–Crippen LogP) is 16.5. The molecule has 0 radical (unpaired) electrons. The molecule has 0 bridgehead atoms. The van der Waals surface area contributed by atoms with Crippen molar-refractivity contribution in [3.05, 3.63) is 219 Å². The third kappa shape index (κ3) is 5.60. The van der Waals surface area contributed by atoms with Gasteiger partial charge in [0.05, 0.1) is 22.9 Å². The number of nitrogens with zero attached hydrogens (tertiary/aromatic N) is 2. The van der Waals surface area contributed by atoms with Crippen LogP contribution in [0.1, 0.15) is 0 Å². The van der Waals surface area contributed by atoms with E-state index in [-0.39, 0.29) is 0 Å². The van der Waals surface area contributed by atoms with Crippen LogP contribution in [0.15, 0.2) is 223 Å². The van der Waals surface area contributed by atoms with Crippen LogP contribution in [-0.2, 0) is 0 Å². The summed E-state index contributed by atoms with van der Waals surface area (Å²) in [5.74, 6) is 0. The van der Waals surface area contributed by atoms with Gasteiger partial charge in [-0.05, 0) is 83.4 Å². The van der Waals surface area contributed by atoms with Crippen LogP contribution >= 0.6 is 0 Å². The minimum atomic E-state index is 0.857. The molecule has 3 heteroatoms. The lowest BCUT2D eigenvalue weighted by Crippen LogP contribution is -1.92. The molecule has 292 valence electrons. The molecule has 63 heavy (non-hydrogen) atoms. The van der Waals surface area contributed by atoms with Gasteiger partial charge in [0.15, 0.2) is 0 Å². The summed E-state index contributed by atoms with van der Waals surface area (Å²) in [6, 6.07) is 76.1. The van der Waals surface area contributed by atoms with E-state index in [1.54, 1.807) is 0 Å². The quantitative estimate of drug-likeness (QED) is 0.163. The Bertz CT molecular complexity index is 3940. The highest BCUT2D eigenvalue weighted by atomic mass is 16.3. The fraction of sp³-hybridized carbons (Fsp3) is 0. The molecular weight excluding hydrogens is 765 g/mol. The number of furan rings is 1. The Kier molecular flexibility index (Phi) is 7.91. The Morgan fingerprint density at radius 1 is 0.286 bits per heavy atom. The van der Waals surface area contributed by atoms with E-state index in [1.807, 2.05) is 18.3 Å². The maximum atomic E-state index is 6.38. The zero-order chi connectivity index (χ0) is 41.4. The van der Waals surface area contributed by atoms with Crippen LogP contribution < -0.4 is 0 Å². The molecule has 11 aromatic carbocycles. The van der Waals surface area contributed by atoms with Crippen LogP contribution in [0, 0.1) is 0 Å². The summed E-state index contributed by atoms with van der Waals surface area (Å²) in [6.07, 6.45) is 1.93. The molecule has 0 spiro atoms. The minimum absolute atomic E-state index is 0.857. The van der Waals surface area contributed by atoms with Crippen molar-refractivity contribution in [1.82, 2.24) is 9.97 Å². The fourth-order valence-corrected chi connectivity index (χ4v) is 10.0. The van der Waals surface area contributed by atoms with Crippen molar-refractivity contribution in [3.63, 3.8) is 0 Å². The maximum Gasteiger partial charge on any atom is 0.143 e. The predicted molar refractivity (Wildman–Crippen MR) is 264 cm³/mol. The second kappa shape index (κ2) is 14.1. The van der Waals surface area contributed by atoms with Crippen LogP contribution in [0.25, 0.3) is 132 Å². The van der Waals surface area contributed by atoms with Crippen LogP contribution in [0.4, 0.5) is 0 Å². The normalized spacial score (nSPS) is 11.8. The SMILES string of the molecule is c1cc(-c2cnc3c4ccccc4c4ccccc4c3n2)cc(-c2cccc3c(-c4cccc5c(-c6ccc(-c7cccc8c7oc7ccccc78)cc6)cccc45)cccc23)c1.